The first-order valence-electron chi connectivity index (χ1n) is 10.8. The van der Waals surface area contributed by atoms with Gasteiger partial charge in [0.05, 0.1) is 21.7 Å². The number of halogens is 4. The smallest absolute Gasteiger partial charge is 0.416 e. The summed E-state index contributed by atoms with van der Waals surface area (Å²) in [6.07, 6.45) is -3.27. The lowest BCUT2D eigenvalue weighted by Crippen LogP contribution is -2.30. The van der Waals surface area contributed by atoms with Crippen LogP contribution < -0.4 is 4.74 Å². The molecule has 4 rings (SSSR count). The minimum absolute atomic E-state index is 0.123. The Morgan fingerprint density at radius 2 is 1.47 bits per heavy atom. The quantitative estimate of drug-likeness (QED) is 0.255. The number of ether oxygens (including phenoxy) is 1. The van der Waals surface area contributed by atoms with Crippen LogP contribution in [0.4, 0.5) is 13.2 Å². The second-order valence-electron chi connectivity index (χ2n) is 7.96. The number of carbonyl (C=O) groups excluding carboxylic acids is 2. The maximum Gasteiger partial charge on any atom is 0.416 e. The Kier molecular flexibility index (Phi) is 6.93. The van der Waals surface area contributed by atoms with Crippen LogP contribution in [0, 0.1) is 0 Å². The molecule has 3 aromatic carbocycles. The van der Waals surface area contributed by atoms with Gasteiger partial charge in [0.2, 0.25) is 0 Å². The molecule has 0 spiro atoms. The minimum Gasteiger partial charge on any atom is -0.484 e. The molecule has 176 valence electrons. The molecule has 8 heteroatoms. The molecule has 1 unspecified atom stereocenters. The zero-order chi connectivity index (χ0) is 24.3. The molecule has 0 saturated carbocycles. The molecule has 0 radical (unpaired) electrons. The van der Waals surface area contributed by atoms with Gasteiger partial charge in [0, 0.05) is 6.54 Å². The van der Waals surface area contributed by atoms with Gasteiger partial charge in [-0.25, -0.2) is 0 Å². The molecule has 0 saturated heterocycles. The number of hydrogen-bond acceptors (Lipinski definition) is 3. The van der Waals surface area contributed by atoms with Crippen LogP contribution in [-0.2, 0) is 6.18 Å². The van der Waals surface area contributed by atoms with E-state index in [9.17, 15) is 22.8 Å². The summed E-state index contributed by atoms with van der Waals surface area (Å²) < 4.78 is 44.9. The summed E-state index contributed by atoms with van der Waals surface area (Å²) in [6.45, 7) is 0.273. The largest absolute Gasteiger partial charge is 0.484 e. The highest BCUT2D eigenvalue weighted by atomic mass is 35.5. The molecule has 2 amide bonds. The lowest BCUT2D eigenvalue weighted by atomic mass is 10.0. The van der Waals surface area contributed by atoms with Crippen molar-refractivity contribution in [1.82, 2.24) is 4.90 Å². The molecule has 1 heterocycles. The Morgan fingerprint density at radius 3 is 2.06 bits per heavy atom. The first-order valence-corrected chi connectivity index (χ1v) is 11.2. The van der Waals surface area contributed by atoms with Crippen LogP contribution in [0.2, 0.25) is 5.02 Å². The summed E-state index contributed by atoms with van der Waals surface area (Å²) in [5.41, 5.74) is 0.825. The van der Waals surface area contributed by atoms with Crippen LogP contribution in [0.1, 0.15) is 57.2 Å². The van der Waals surface area contributed by atoms with Crippen LogP contribution in [0.15, 0.2) is 72.8 Å². The van der Waals surface area contributed by atoms with Crippen LogP contribution in [-0.4, -0.2) is 23.3 Å². The lowest BCUT2D eigenvalue weighted by Gasteiger charge is -2.21. The van der Waals surface area contributed by atoms with Gasteiger partial charge in [-0.3, -0.25) is 14.5 Å². The fourth-order valence-corrected chi connectivity index (χ4v) is 4.15. The van der Waals surface area contributed by atoms with Gasteiger partial charge in [-0.2, -0.15) is 13.2 Å². The highest BCUT2D eigenvalue weighted by molar-refractivity contribution is 6.32. The standard InChI is InChI=1S/C26H21ClF3NO3/c27-21-16-18(26(28,29)30)13-14-23(21)34-22(17-8-2-1-3-9-17)12-6-7-15-31-24(32)19-10-4-5-11-20(19)25(31)33/h1-5,8-11,13-14,16,22H,6-7,12,15H2. The first-order chi connectivity index (χ1) is 16.3. The predicted octanol–water partition coefficient (Wildman–Crippen LogP) is 6.95. The third-order valence-electron chi connectivity index (χ3n) is 5.68. The number of hydrogen-bond donors (Lipinski definition) is 0. The number of alkyl halides is 3. The average molecular weight is 488 g/mol. The van der Waals surface area contributed by atoms with Crippen LogP contribution in [0.25, 0.3) is 0 Å². The number of nitrogens with zero attached hydrogens (tertiary/aromatic N) is 1. The molecule has 0 fully saturated rings. The lowest BCUT2D eigenvalue weighted by molar-refractivity contribution is -0.137. The summed E-state index contributed by atoms with van der Waals surface area (Å²) in [5.74, 6) is -0.440. The number of rotatable bonds is 8. The zero-order valence-corrected chi connectivity index (χ0v) is 18.8. The SMILES string of the molecule is O=C1c2ccccc2C(=O)N1CCCCC(Oc1ccc(C(F)(F)F)cc1Cl)c1ccccc1. The molecule has 3 aromatic rings. The number of benzene rings is 3. The number of unbranched alkanes of at least 4 members (excludes halogenated alkanes) is 1. The van der Waals surface area contributed by atoms with Gasteiger partial charge in [0.25, 0.3) is 11.8 Å². The monoisotopic (exact) mass is 487 g/mol. The Morgan fingerprint density at radius 1 is 0.853 bits per heavy atom. The Bertz CT molecular complexity index is 1160. The normalized spacial score (nSPS) is 14.3. The van der Waals surface area contributed by atoms with Crippen molar-refractivity contribution in [2.24, 2.45) is 0 Å². The van der Waals surface area contributed by atoms with Crippen molar-refractivity contribution >= 4 is 23.4 Å². The second-order valence-corrected chi connectivity index (χ2v) is 8.37. The van der Waals surface area contributed by atoms with E-state index in [0.29, 0.717) is 30.4 Å². The van der Waals surface area contributed by atoms with Gasteiger partial charge >= 0.3 is 6.18 Å². The van der Waals surface area contributed by atoms with E-state index >= 15 is 0 Å². The fraction of sp³-hybridized carbons (Fsp3) is 0.231. The number of carbonyl (C=O) groups is 2. The van der Waals surface area contributed by atoms with E-state index in [4.69, 9.17) is 16.3 Å². The number of fused-ring (bicyclic) bond motifs is 1. The van der Waals surface area contributed by atoms with Crippen molar-refractivity contribution in [3.63, 3.8) is 0 Å². The number of amides is 2. The molecule has 1 aliphatic heterocycles. The number of imide groups is 1. The van der Waals surface area contributed by atoms with Gasteiger partial charge < -0.3 is 4.74 Å². The molecule has 0 aromatic heterocycles. The van der Waals surface area contributed by atoms with Crippen molar-refractivity contribution in [2.75, 3.05) is 6.54 Å². The third-order valence-corrected chi connectivity index (χ3v) is 5.97. The van der Waals surface area contributed by atoms with E-state index < -0.39 is 17.8 Å². The van der Waals surface area contributed by atoms with Crippen LogP contribution in [0.3, 0.4) is 0 Å². The van der Waals surface area contributed by atoms with E-state index in [0.717, 1.165) is 17.7 Å². The van der Waals surface area contributed by atoms with E-state index in [1.165, 1.54) is 11.0 Å². The molecule has 1 aliphatic rings. The van der Waals surface area contributed by atoms with Crippen LogP contribution in [0.5, 0.6) is 5.75 Å². The van der Waals surface area contributed by atoms with Gasteiger partial charge in [0.1, 0.15) is 11.9 Å². The molecule has 1 atom stereocenters. The van der Waals surface area contributed by atoms with Crippen molar-refractivity contribution in [1.29, 1.82) is 0 Å². The van der Waals surface area contributed by atoms with Crippen molar-refractivity contribution < 1.29 is 27.5 Å². The maximum absolute atomic E-state index is 13.0. The molecule has 0 aliphatic carbocycles. The molecule has 34 heavy (non-hydrogen) atoms. The Labute approximate surface area is 199 Å². The van der Waals surface area contributed by atoms with Gasteiger partial charge in [-0.1, -0.05) is 54.1 Å². The summed E-state index contributed by atoms with van der Waals surface area (Å²) in [6, 6.07) is 19.0. The molecular weight excluding hydrogens is 467 g/mol. The maximum atomic E-state index is 13.0. The summed E-state index contributed by atoms with van der Waals surface area (Å²) in [4.78, 5) is 26.3. The van der Waals surface area contributed by atoms with Gasteiger partial charge in [-0.05, 0) is 55.2 Å². The fourth-order valence-electron chi connectivity index (χ4n) is 3.93. The Hall–Kier alpha value is -3.32. The first kappa shape index (κ1) is 23.8. The average Bonchev–Trinajstić information content (AvgIpc) is 3.06. The highest BCUT2D eigenvalue weighted by Gasteiger charge is 2.34. The summed E-state index contributed by atoms with van der Waals surface area (Å²) >= 11 is 6.08. The molecule has 0 N–H and O–H groups in total. The summed E-state index contributed by atoms with van der Waals surface area (Å²) in [7, 11) is 0. The van der Waals surface area contributed by atoms with E-state index in [1.54, 1.807) is 24.3 Å². The third kappa shape index (κ3) is 5.09. The molecule has 4 nitrogen and oxygen atoms in total. The minimum atomic E-state index is -4.49. The molecular formula is C26H21ClF3NO3. The van der Waals surface area contributed by atoms with Gasteiger partial charge in [0.15, 0.2) is 0 Å². The van der Waals surface area contributed by atoms with Crippen LogP contribution >= 0.6 is 11.6 Å². The Balaban J connectivity index is 1.41. The van der Waals surface area contributed by atoms with Gasteiger partial charge in [-0.15, -0.1) is 0 Å². The van der Waals surface area contributed by atoms with E-state index in [1.807, 2.05) is 30.3 Å². The van der Waals surface area contributed by atoms with E-state index in [2.05, 4.69) is 0 Å². The highest BCUT2D eigenvalue weighted by Crippen LogP contribution is 2.37. The van der Waals surface area contributed by atoms with E-state index in [-0.39, 0.29) is 29.1 Å². The molecule has 0 bridgehead atoms. The van der Waals surface area contributed by atoms with Crippen molar-refractivity contribution in [3.05, 3.63) is 100 Å². The summed E-state index contributed by atoms with van der Waals surface area (Å²) in [5, 5.41) is -0.123. The topological polar surface area (TPSA) is 46.6 Å². The van der Waals surface area contributed by atoms with Crippen molar-refractivity contribution in [2.45, 2.75) is 31.5 Å². The second kappa shape index (κ2) is 9.89. The van der Waals surface area contributed by atoms with Crippen molar-refractivity contribution in [3.8, 4) is 5.75 Å². The zero-order valence-electron chi connectivity index (χ0n) is 18.0. The predicted molar refractivity (Wildman–Crippen MR) is 122 cm³/mol.